The molecule has 1 aliphatic rings. The van der Waals surface area contributed by atoms with Gasteiger partial charge in [0.1, 0.15) is 23.0 Å². The SMILES string of the molecule is COc1ccc(/C=C2/CC/C(=C\c3ccc(OC)cc3OC)C2=O)c(OC)c1. The van der Waals surface area contributed by atoms with Crippen LogP contribution >= 0.6 is 0 Å². The monoisotopic (exact) mass is 380 g/mol. The smallest absolute Gasteiger partial charge is 0.185 e. The van der Waals surface area contributed by atoms with Crippen molar-refractivity contribution in [1.29, 1.82) is 0 Å². The fourth-order valence-electron chi connectivity index (χ4n) is 3.23. The van der Waals surface area contributed by atoms with E-state index >= 15 is 0 Å². The maximum absolute atomic E-state index is 12.9. The summed E-state index contributed by atoms with van der Waals surface area (Å²) in [5.74, 6) is 2.83. The summed E-state index contributed by atoms with van der Waals surface area (Å²) >= 11 is 0. The summed E-state index contributed by atoms with van der Waals surface area (Å²) in [6.07, 6.45) is 5.18. The molecule has 0 aromatic heterocycles. The number of ketones is 1. The van der Waals surface area contributed by atoms with E-state index in [4.69, 9.17) is 18.9 Å². The summed E-state index contributed by atoms with van der Waals surface area (Å²) in [4.78, 5) is 12.9. The molecule has 1 saturated carbocycles. The van der Waals surface area contributed by atoms with E-state index in [0.717, 1.165) is 22.3 Å². The van der Waals surface area contributed by atoms with Gasteiger partial charge < -0.3 is 18.9 Å². The summed E-state index contributed by atoms with van der Waals surface area (Å²) in [5, 5.41) is 0. The van der Waals surface area contributed by atoms with E-state index in [1.807, 2.05) is 48.6 Å². The summed E-state index contributed by atoms with van der Waals surface area (Å²) in [7, 11) is 6.43. The van der Waals surface area contributed by atoms with Crippen LogP contribution in [0.4, 0.5) is 0 Å². The number of carbonyl (C=O) groups is 1. The largest absolute Gasteiger partial charge is 0.497 e. The average molecular weight is 380 g/mol. The van der Waals surface area contributed by atoms with Gasteiger partial charge in [-0.25, -0.2) is 0 Å². The summed E-state index contributed by atoms with van der Waals surface area (Å²) in [5.41, 5.74) is 3.24. The molecule has 0 radical (unpaired) electrons. The molecule has 28 heavy (non-hydrogen) atoms. The number of ether oxygens (including phenoxy) is 4. The second-order valence-electron chi connectivity index (χ2n) is 6.38. The van der Waals surface area contributed by atoms with Gasteiger partial charge in [-0.2, -0.15) is 0 Å². The zero-order valence-electron chi connectivity index (χ0n) is 16.6. The third-order valence-corrected chi connectivity index (χ3v) is 4.79. The predicted octanol–water partition coefficient (Wildman–Crippen LogP) is 4.55. The second-order valence-corrected chi connectivity index (χ2v) is 6.38. The molecule has 0 aliphatic heterocycles. The van der Waals surface area contributed by atoms with Crippen molar-refractivity contribution < 1.29 is 23.7 Å². The molecule has 2 aromatic rings. The van der Waals surface area contributed by atoms with Crippen molar-refractivity contribution in [1.82, 2.24) is 0 Å². The second kappa shape index (κ2) is 8.65. The van der Waals surface area contributed by atoms with Gasteiger partial charge >= 0.3 is 0 Å². The van der Waals surface area contributed by atoms with Crippen LogP contribution in [-0.2, 0) is 4.79 Å². The molecule has 0 amide bonds. The standard InChI is InChI=1S/C23H24O5/c1-25-19-9-7-15(21(13-19)27-3)11-17-5-6-18(23(17)24)12-16-8-10-20(26-2)14-22(16)28-4/h7-14H,5-6H2,1-4H3/b17-11-,18-12+. The van der Waals surface area contributed by atoms with Gasteiger partial charge in [-0.1, -0.05) is 0 Å². The van der Waals surface area contributed by atoms with E-state index in [0.29, 0.717) is 35.8 Å². The van der Waals surface area contributed by atoms with Gasteiger partial charge in [0.25, 0.3) is 0 Å². The lowest BCUT2D eigenvalue weighted by molar-refractivity contribution is -0.111. The molecule has 2 aromatic carbocycles. The van der Waals surface area contributed by atoms with E-state index in [2.05, 4.69) is 0 Å². The Labute approximate surface area is 165 Å². The Bertz CT molecular complexity index is 865. The molecule has 146 valence electrons. The Kier molecular flexibility index (Phi) is 6.04. The summed E-state index contributed by atoms with van der Waals surface area (Å²) < 4.78 is 21.3. The van der Waals surface area contributed by atoms with Gasteiger partial charge in [-0.15, -0.1) is 0 Å². The van der Waals surface area contributed by atoms with Crippen molar-refractivity contribution in [3.8, 4) is 23.0 Å². The molecule has 5 heteroatoms. The van der Waals surface area contributed by atoms with Crippen LogP contribution in [0.15, 0.2) is 47.5 Å². The van der Waals surface area contributed by atoms with E-state index < -0.39 is 0 Å². The van der Waals surface area contributed by atoms with Gasteiger partial charge in [0.2, 0.25) is 0 Å². The van der Waals surface area contributed by atoms with Crippen LogP contribution in [-0.4, -0.2) is 34.2 Å². The van der Waals surface area contributed by atoms with Gasteiger partial charge in [0.15, 0.2) is 5.78 Å². The number of rotatable bonds is 6. The van der Waals surface area contributed by atoms with Crippen LogP contribution in [0.25, 0.3) is 12.2 Å². The van der Waals surface area contributed by atoms with Gasteiger partial charge in [0, 0.05) is 34.4 Å². The molecule has 0 unspecified atom stereocenters. The Morgan fingerprint density at radius 2 is 1.11 bits per heavy atom. The zero-order chi connectivity index (χ0) is 20.1. The van der Waals surface area contributed by atoms with E-state index in [1.165, 1.54) is 0 Å². The summed E-state index contributed by atoms with van der Waals surface area (Å²) in [6.45, 7) is 0. The Balaban J connectivity index is 1.89. The lowest BCUT2D eigenvalue weighted by atomic mass is 10.1. The number of hydrogen-bond donors (Lipinski definition) is 0. The molecule has 0 heterocycles. The van der Waals surface area contributed by atoms with E-state index in [9.17, 15) is 4.79 Å². The van der Waals surface area contributed by atoms with Crippen LogP contribution in [0, 0.1) is 0 Å². The highest BCUT2D eigenvalue weighted by Crippen LogP contribution is 2.34. The molecule has 0 N–H and O–H groups in total. The maximum Gasteiger partial charge on any atom is 0.185 e. The van der Waals surface area contributed by atoms with Crippen LogP contribution in [0.5, 0.6) is 23.0 Å². The molecular formula is C23H24O5. The van der Waals surface area contributed by atoms with Crippen LogP contribution in [0.2, 0.25) is 0 Å². The van der Waals surface area contributed by atoms with Crippen molar-refractivity contribution in [3.05, 3.63) is 58.7 Å². The number of allylic oxidation sites excluding steroid dienone is 2. The molecule has 0 spiro atoms. The minimum absolute atomic E-state index is 0.0516. The molecule has 0 atom stereocenters. The first-order chi connectivity index (χ1) is 13.6. The van der Waals surface area contributed by atoms with E-state index in [-0.39, 0.29) is 5.78 Å². The first-order valence-corrected chi connectivity index (χ1v) is 8.99. The number of carbonyl (C=O) groups excluding carboxylic acids is 1. The first-order valence-electron chi connectivity index (χ1n) is 8.99. The van der Waals surface area contributed by atoms with Gasteiger partial charge in [-0.3, -0.25) is 4.79 Å². The quantitative estimate of drug-likeness (QED) is 0.688. The molecule has 1 fully saturated rings. The fourth-order valence-corrected chi connectivity index (χ4v) is 3.23. The third-order valence-electron chi connectivity index (χ3n) is 4.79. The van der Waals surface area contributed by atoms with E-state index in [1.54, 1.807) is 28.4 Å². The fraction of sp³-hybridized carbons (Fsp3) is 0.261. The summed E-state index contributed by atoms with van der Waals surface area (Å²) in [6, 6.07) is 11.1. The minimum Gasteiger partial charge on any atom is -0.497 e. The van der Waals surface area contributed by atoms with Crippen LogP contribution in [0.1, 0.15) is 24.0 Å². The third kappa shape index (κ3) is 4.03. The number of hydrogen-bond acceptors (Lipinski definition) is 5. The molecule has 3 rings (SSSR count). The molecular weight excluding hydrogens is 356 g/mol. The Morgan fingerprint density at radius 1 is 0.679 bits per heavy atom. The molecule has 0 saturated heterocycles. The molecule has 1 aliphatic carbocycles. The lowest BCUT2D eigenvalue weighted by Gasteiger charge is -2.08. The van der Waals surface area contributed by atoms with Crippen LogP contribution in [0.3, 0.4) is 0 Å². The van der Waals surface area contributed by atoms with Crippen molar-refractivity contribution in [2.75, 3.05) is 28.4 Å². The highest BCUT2D eigenvalue weighted by Gasteiger charge is 2.24. The zero-order valence-corrected chi connectivity index (χ0v) is 16.6. The van der Waals surface area contributed by atoms with Crippen molar-refractivity contribution in [3.63, 3.8) is 0 Å². The molecule has 0 bridgehead atoms. The van der Waals surface area contributed by atoms with Gasteiger partial charge in [0.05, 0.1) is 28.4 Å². The number of methoxy groups -OCH3 is 4. The number of benzene rings is 2. The van der Waals surface area contributed by atoms with Crippen LogP contribution < -0.4 is 18.9 Å². The Hall–Kier alpha value is -3.21. The average Bonchev–Trinajstić information content (AvgIpc) is 3.07. The maximum atomic E-state index is 12.9. The van der Waals surface area contributed by atoms with Crippen molar-refractivity contribution in [2.24, 2.45) is 0 Å². The predicted molar refractivity (Wildman–Crippen MR) is 109 cm³/mol. The van der Waals surface area contributed by atoms with Crippen molar-refractivity contribution in [2.45, 2.75) is 12.8 Å². The molecule has 5 nitrogen and oxygen atoms in total. The Morgan fingerprint density at radius 3 is 1.46 bits per heavy atom. The highest BCUT2D eigenvalue weighted by molar-refractivity contribution is 6.15. The van der Waals surface area contributed by atoms with Gasteiger partial charge in [-0.05, 0) is 49.3 Å². The topological polar surface area (TPSA) is 54.0 Å². The first kappa shape index (κ1) is 19.5. The lowest BCUT2D eigenvalue weighted by Crippen LogP contribution is -1.97. The highest BCUT2D eigenvalue weighted by atomic mass is 16.5. The van der Waals surface area contributed by atoms with Crippen molar-refractivity contribution >= 4 is 17.9 Å². The minimum atomic E-state index is 0.0516. The number of Topliss-reactive ketones (excluding diaryl/α,β-unsaturated/α-hetero) is 1. The normalized spacial score (nSPS) is 16.5.